The Morgan fingerprint density at radius 2 is 1.68 bits per heavy atom. The van der Waals surface area contributed by atoms with Crippen molar-refractivity contribution in [2.45, 2.75) is 33.4 Å². The van der Waals surface area contributed by atoms with Crippen molar-refractivity contribution in [1.82, 2.24) is 9.55 Å². The standard InChI is InChI=1S/C23H24N4.HI/c1-4-25-19-11-6-5-9-17(19)18-10-7-12-20(22(18)25)27-15-26(16(2)3)21-13-8-14-24-23(21)27;/h5-14,16H,4,15H2,1-3H3;1H. The Kier molecular flexibility index (Phi) is 4.95. The third kappa shape index (κ3) is 2.67. The third-order valence-electron chi connectivity index (χ3n) is 5.62. The quantitative estimate of drug-likeness (QED) is 0.326. The fourth-order valence-electron chi connectivity index (χ4n) is 4.38. The molecule has 0 spiro atoms. The zero-order valence-corrected chi connectivity index (χ0v) is 18.8. The summed E-state index contributed by atoms with van der Waals surface area (Å²) in [7, 11) is 0. The van der Waals surface area contributed by atoms with Gasteiger partial charge in [0.05, 0.1) is 23.6 Å². The molecule has 3 heterocycles. The van der Waals surface area contributed by atoms with Crippen LogP contribution in [0.2, 0.25) is 0 Å². The fraction of sp³-hybridized carbons (Fsp3) is 0.261. The van der Waals surface area contributed by atoms with Gasteiger partial charge in [-0.3, -0.25) is 0 Å². The van der Waals surface area contributed by atoms with Gasteiger partial charge in [-0.2, -0.15) is 0 Å². The molecule has 0 saturated heterocycles. The van der Waals surface area contributed by atoms with E-state index >= 15 is 0 Å². The SMILES string of the molecule is CCn1c2ccccc2c2cccc(N3CN(C(C)C)c4cccnc43)c21.I. The average Bonchev–Trinajstić information content (AvgIpc) is 3.24. The number of fused-ring (bicyclic) bond motifs is 4. The highest BCUT2D eigenvalue weighted by Crippen LogP contribution is 2.43. The van der Waals surface area contributed by atoms with Crippen LogP contribution in [0.15, 0.2) is 60.8 Å². The van der Waals surface area contributed by atoms with Gasteiger partial charge in [-0.1, -0.05) is 30.3 Å². The number of halogens is 1. The predicted molar refractivity (Wildman–Crippen MR) is 129 cm³/mol. The molecule has 0 bridgehead atoms. The highest BCUT2D eigenvalue weighted by molar-refractivity contribution is 14.0. The Balaban J connectivity index is 0.00000192. The Labute approximate surface area is 182 Å². The molecule has 2 aromatic heterocycles. The number of benzene rings is 2. The molecule has 144 valence electrons. The average molecular weight is 484 g/mol. The summed E-state index contributed by atoms with van der Waals surface area (Å²) in [6, 6.07) is 20.0. The minimum atomic E-state index is 0. The van der Waals surface area contributed by atoms with Crippen molar-refractivity contribution >= 4 is 63.0 Å². The molecule has 0 saturated carbocycles. The van der Waals surface area contributed by atoms with Gasteiger partial charge < -0.3 is 14.4 Å². The Morgan fingerprint density at radius 1 is 0.929 bits per heavy atom. The Bertz CT molecular complexity index is 1150. The number of hydrogen-bond donors (Lipinski definition) is 0. The van der Waals surface area contributed by atoms with Crippen molar-refractivity contribution in [2.75, 3.05) is 16.5 Å². The summed E-state index contributed by atoms with van der Waals surface area (Å²) >= 11 is 0. The summed E-state index contributed by atoms with van der Waals surface area (Å²) in [5, 5.41) is 2.63. The first-order valence-corrected chi connectivity index (χ1v) is 9.70. The zero-order valence-electron chi connectivity index (χ0n) is 16.5. The van der Waals surface area contributed by atoms with Crippen LogP contribution < -0.4 is 9.80 Å². The van der Waals surface area contributed by atoms with Crippen LogP contribution in [0.4, 0.5) is 17.2 Å². The van der Waals surface area contributed by atoms with Crippen LogP contribution in [0.1, 0.15) is 20.8 Å². The summed E-state index contributed by atoms with van der Waals surface area (Å²) in [5.74, 6) is 1.05. The minimum Gasteiger partial charge on any atom is -0.348 e. The van der Waals surface area contributed by atoms with E-state index < -0.39 is 0 Å². The molecule has 0 aliphatic carbocycles. The molecule has 1 aliphatic heterocycles. The van der Waals surface area contributed by atoms with Crippen LogP contribution in [-0.2, 0) is 6.54 Å². The summed E-state index contributed by atoms with van der Waals surface area (Å²) < 4.78 is 2.43. The molecular formula is C23H25IN4. The van der Waals surface area contributed by atoms with E-state index in [1.165, 1.54) is 33.2 Å². The summed E-state index contributed by atoms with van der Waals surface area (Å²) in [6.45, 7) is 8.47. The van der Waals surface area contributed by atoms with Crippen molar-refractivity contribution in [3.05, 3.63) is 60.8 Å². The van der Waals surface area contributed by atoms with Crippen LogP contribution in [0, 0.1) is 0 Å². The number of aryl methyl sites for hydroxylation is 1. The predicted octanol–water partition coefficient (Wildman–Crippen LogP) is 6.15. The number of hydrogen-bond acceptors (Lipinski definition) is 3. The Morgan fingerprint density at radius 3 is 2.46 bits per heavy atom. The zero-order chi connectivity index (χ0) is 18.5. The van der Waals surface area contributed by atoms with Crippen LogP contribution in [-0.4, -0.2) is 22.3 Å². The van der Waals surface area contributed by atoms with Crippen LogP contribution >= 0.6 is 24.0 Å². The van der Waals surface area contributed by atoms with Crippen molar-refractivity contribution in [1.29, 1.82) is 0 Å². The molecule has 0 amide bonds. The van der Waals surface area contributed by atoms with E-state index in [0.717, 1.165) is 19.0 Å². The largest absolute Gasteiger partial charge is 0.348 e. The molecule has 0 atom stereocenters. The van der Waals surface area contributed by atoms with Gasteiger partial charge in [0.15, 0.2) is 5.82 Å². The number of pyridine rings is 1. The van der Waals surface area contributed by atoms with Gasteiger partial charge in [0.2, 0.25) is 0 Å². The van der Waals surface area contributed by atoms with E-state index in [9.17, 15) is 0 Å². The molecule has 4 aromatic rings. The van der Waals surface area contributed by atoms with Crippen molar-refractivity contribution < 1.29 is 0 Å². The molecule has 0 unspecified atom stereocenters. The molecule has 4 nitrogen and oxygen atoms in total. The molecule has 0 fully saturated rings. The molecule has 0 N–H and O–H groups in total. The lowest BCUT2D eigenvalue weighted by Crippen LogP contribution is -2.33. The van der Waals surface area contributed by atoms with Crippen LogP contribution in [0.25, 0.3) is 21.8 Å². The molecular weight excluding hydrogens is 459 g/mol. The van der Waals surface area contributed by atoms with Gasteiger partial charge in [-0.05, 0) is 45.0 Å². The summed E-state index contributed by atoms with van der Waals surface area (Å²) in [4.78, 5) is 9.52. The van der Waals surface area contributed by atoms with Crippen LogP contribution in [0.3, 0.4) is 0 Å². The van der Waals surface area contributed by atoms with E-state index in [2.05, 4.69) is 83.7 Å². The molecule has 5 heteroatoms. The van der Waals surface area contributed by atoms with E-state index in [4.69, 9.17) is 4.98 Å². The van der Waals surface area contributed by atoms with Crippen molar-refractivity contribution in [3.8, 4) is 0 Å². The van der Waals surface area contributed by atoms with Gasteiger partial charge in [0.1, 0.15) is 0 Å². The summed E-state index contributed by atoms with van der Waals surface area (Å²) in [5.41, 5.74) is 5.03. The maximum atomic E-state index is 4.74. The van der Waals surface area contributed by atoms with E-state index in [1.54, 1.807) is 0 Å². The molecule has 0 radical (unpaired) electrons. The highest BCUT2D eigenvalue weighted by Gasteiger charge is 2.31. The number of aromatic nitrogens is 2. The first kappa shape index (κ1) is 19.1. The van der Waals surface area contributed by atoms with E-state index in [-0.39, 0.29) is 24.0 Å². The number of para-hydroxylation sites is 2. The van der Waals surface area contributed by atoms with Gasteiger partial charge in [0, 0.05) is 35.1 Å². The third-order valence-corrected chi connectivity index (χ3v) is 5.62. The molecule has 2 aromatic carbocycles. The van der Waals surface area contributed by atoms with Gasteiger partial charge in [-0.25, -0.2) is 4.98 Å². The second-order valence-electron chi connectivity index (χ2n) is 7.41. The second kappa shape index (κ2) is 7.28. The summed E-state index contributed by atoms with van der Waals surface area (Å²) in [6.07, 6.45) is 1.89. The lowest BCUT2D eigenvalue weighted by molar-refractivity contribution is 0.709. The first-order valence-electron chi connectivity index (χ1n) is 9.70. The Hall–Kier alpha value is -2.28. The van der Waals surface area contributed by atoms with Gasteiger partial charge in [-0.15, -0.1) is 24.0 Å². The fourth-order valence-corrected chi connectivity index (χ4v) is 4.38. The lowest BCUT2D eigenvalue weighted by Gasteiger charge is -2.25. The van der Waals surface area contributed by atoms with Gasteiger partial charge >= 0.3 is 0 Å². The number of anilines is 3. The topological polar surface area (TPSA) is 24.3 Å². The van der Waals surface area contributed by atoms with Crippen molar-refractivity contribution in [2.24, 2.45) is 0 Å². The molecule has 28 heavy (non-hydrogen) atoms. The smallest absolute Gasteiger partial charge is 0.158 e. The van der Waals surface area contributed by atoms with Crippen LogP contribution in [0.5, 0.6) is 0 Å². The first-order chi connectivity index (χ1) is 13.2. The second-order valence-corrected chi connectivity index (χ2v) is 7.41. The van der Waals surface area contributed by atoms with Crippen molar-refractivity contribution in [3.63, 3.8) is 0 Å². The minimum absolute atomic E-state index is 0. The van der Waals surface area contributed by atoms with E-state index in [0.29, 0.717) is 6.04 Å². The lowest BCUT2D eigenvalue weighted by atomic mass is 10.1. The molecule has 5 rings (SSSR count). The molecule has 1 aliphatic rings. The highest BCUT2D eigenvalue weighted by atomic mass is 127. The normalized spacial score (nSPS) is 13.4. The van der Waals surface area contributed by atoms with E-state index in [1.807, 2.05) is 12.3 Å². The maximum Gasteiger partial charge on any atom is 0.158 e. The monoisotopic (exact) mass is 484 g/mol. The maximum absolute atomic E-state index is 4.74. The number of rotatable bonds is 3. The number of nitrogens with zero attached hydrogens (tertiary/aromatic N) is 4. The van der Waals surface area contributed by atoms with Gasteiger partial charge in [0.25, 0.3) is 0 Å².